The standard InChI is InChI=1S/C20H22ClN3O2.C14H19ClN2O/c21-15-9-10-17(24-20(26)18-8-4-5-11-22-18)16(12-15)19(25)23-13-14-6-2-1-3-7-14;15-11-6-7-13(16)12(8-11)14(18)17-9-10-4-2-1-3-5-10/h4-5,8-12,14H,1-3,6-7,13H2,(H,23,25)(H,24,26);6-8,10H,1-5,9,16H2,(H,17,18). The molecule has 5 N–H and O–H groups in total. The van der Waals surface area contributed by atoms with Crippen LogP contribution in [0.5, 0.6) is 0 Å². The van der Waals surface area contributed by atoms with Crippen molar-refractivity contribution < 1.29 is 14.4 Å². The number of benzene rings is 2. The molecule has 2 saturated carbocycles. The Labute approximate surface area is 269 Å². The second kappa shape index (κ2) is 17.0. The van der Waals surface area contributed by atoms with E-state index in [9.17, 15) is 14.4 Å². The Morgan fingerprint density at radius 2 is 1.25 bits per heavy atom. The van der Waals surface area contributed by atoms with Crippen molar-refractivity contribution in [3.8, 4) is 0 Å². The van der Waals surface area contributed by atoms with Crippen molar-refractivity contribution in [2.75, 3.05) is 24.1 Å². The van der Waals surface area contributed by atoms with Crippen molar-refractivity contribution >= 4 is 52.3 Å². The Morgan fingerprint density at radius 1 is 0.705 bits per heavy atom. The summed E-state index contributed by atoms with van der Waals surface area (Å²) in [6, 6.07) is 14.9. The Morgan fingerprint density at radius 3 is 1.82 bits per heavy atom. The average Bonchev–Trinajstić information content (AvgIpc) is 3.06. The van der Waals surface area contributed by atoms with Crippen LogP contribution in [-0.4, -0.2) is 35.8 Å². The predicted molar refractivity (Wildman–Crippen MR) is 177 cm³/mol. The van der Waals surface area contributed by atoms with E-state index < -0.39 is 0 Å². The van der Waals surface area contributed by atoms with Gasteiger partial charge in [0, 0.05) is 35.0 Å². The average molecular weight is 639 g/mol. The molecule has 2 aliphatic rings. The van der Waals surface area contributed by atoms with Crippen molar-refractivity contribution in [2.45, 2.75) is 64.2 Å². The van der Waals surface area contributed by atoms with Crippen LogP contribution in [0.1, 0.15) is 95.4 Å². The lowest BCUT2D eigenvalue weighted by molar-refractivity contribution is 0.0936. The lowest BCUT2D eigenvalue weighted by Crippen LogP contribution is -2.31. The molecule has 0 saturated heterocycles. The lowest BCUT2D eigenvalue weighted by atomic mass is 9.89. The highest BCUT2D eigenvalue weighted by molar-refractivity contribution is 6.31. The Kier molecular flexibility index (Phi) is 12.9. The second-order valence-electron chi connectivity index (χ2n) is 11.5. The second-order valence-corrected chi connectivity index (χ2v) is 12.4. The number of nitrogens with zero attached hydrogens (tertiary/aromatic N) is 1. The Hall–Kier alpha value is -3.62. The minimum atomic E-state index is -0.366. The van der Waals surface area contributed by atoms with Crippen LogP contribution in [0.25, 0.3) is 0 Å². The van der Waals surface area contributed by atoms with Gasteiger partial charge >= 0.3 is 0 Å². The highest BCUT2D eigenvalue weighted by Crippen LogP contribution is 2.25. The van der Waals surface area contributed by atoms with Crippen molar-refractivity contribution in [1.82, 2.24) is 15.6 Å². The van der Waals surface area contributed by atoms with Crippen LogP contribution in [0.3, 0.4) is 0 Å². The normalized spacial score (nSPS) is 15.4. The van der Waals surface area contributed by atoms with Crippen LogP contribution in [0.4, 0.5) is 11.4 Å². The molecule has 3 amide bonds. The fourth-order valence-corrected chi connectivity index (χ4v) is 6.01. The minimum absolute atomic E-state index is 0.124. The van der Waals surface area contributed by atoms with Crippen molar-refractivity contribution in [3.63, 3.8) is 0 Å². The summed E-state index contributed by atoms with van der Waals surface area (Å²) in [6.07, 6.45) is 13.9. The number of pyridine rings is 1. The molecule has 2 aromatic carbocycles. The third-order valence-electron chi connectivity index (χ3n) is 8.18. The zero-order chi connectivity index (χ0) is 31.3. The number of amides is 3. The molecule has 1 aromatic heterocycles. The first-order valence-electron chi connectivity index (χ1n) is 15.4. The largest absolute Gasteiger partial charge is 0.398 e. The summed E-state index contributed by atoms with van der Waals surface area (Å²) in [7, 11) is 0. The molecule has 0 radical (unpaired) electrons. The number of hydrogen-bond donors (Lipinski definition) is 4. The number of carbonyl (C=O) groups is 3. The zero-order valence-electron chi connectivity index (χ0n) is 24.9. The van der Waals surface area contributed by atoms with Gasteiger partial charge in [-0.25, -0.2) is 0 Å². The third-order valence-corrected chi connectivity index (χ3v) is 8.65. The molecule has 0 aliphatic heterocycles. The Bertz CT molecular complexity index is 1410. The lowest BCUT2D eigenvalue weighted by Gasteiger charge is -2.22. The van der Waals surface area contributed by atoms with Crippen molar-refractivity contribution in [2.24, 2.45) is 11.8 Å². The predicted octanol–water partition coefficient (Wildman–Crippen LogP) is 7.53. The summed E-state index contributed by atoms with van der Waals surface area (Å²) < 4.78 is 0. The number of nitrogens with two attached hydrogens (primary N) is 1. The van der Waals surface area contributed by atoms with Gasteiger partial charge < -0.3 is 21.7 Å². The van der Waals surface area contributed by atoms with Gasteiger partial charge in [0.15, 0.2) is 0 Å². The number of halogens is 2. The highest BCUT2D eigenvalue weighted by atomic mass is 35.5. The smallest absolute Gasteiger partial charge is 0.274 e. The zero-order valence-corrected chi connectivity index (χ0v) is 26.4. The molecule has 5 rings (SSSR count). The number of anilines is 2. The fraction of sp³-hybridized carbons (Fsp3) is 0.412. The number of carbonyl (C=O) groups excluding carboxylic acids is 3. The molecule has 3 aromatic rings. The maximum Gasteiger partial charge on any atom is 0.274 e. The summed E-state index contributed by atoms with van der Waals surface area (Å²) in [5, 5.41) is 9.68. The van der Waals surface area contributed by atoms with Crippen molar-refractivity contribution in [1.29, 1.82) is 0 Å². The van der Waals surface area contributed by atoms with E-state index in [2.05, 4.69) is 20.9 Å². The van der Waals surface area contributed by atoms with E-state index in [4.69, 9.17) is 28.9 Å². The molecular weight excluding hydrogens is 597 g/mol. The monoisotopic (exact) mass is 637 g/mol. The van der Waals surface area contributed by atoms with E-state index >= 15 is 0 Å². The van der Waals surface area contributed by atoms with Crippen LogP contribution in [0, 0.1) is 11.8 Å². The molecular formula is C34H41Cl2N5O3. The summed E-state index contributed by atoms with van der Waals surface area (Å²) >= 11 is 11.9. The van der Waals surface area contributed by atoms with Gasteiger partial charge in [-0.15, -0.1) is 0 Å². The first kappa shape index (κ1) is 33.3. The molecule has 0 bridgehead atoms. The molecule has 0 atom stereocenters. The van der Waals surface area contributed by atoms with E-state index in [-0.39, 0.29) is 23.4 Å². The first-order chi connectivity index (χ1) is 21.3. The maximum absolute atomic E-state index is 12.6. The Balaban J connectivity index is 0.000000215. The SMILES string of the molecule is Nc1ccc(Cl)cc1C(=O)NCC1CCCCC1.O=C(Nc1ccc(Cl)cc1C(=O)NCC1CCCCC1)c1ccccn1. The molecule has 2 aliphatic carbocycles. The van der Waals surface area contributed by atoms with Gasteiger partial charge in [-0.1, -0.05) is 67.8 Å². The molecule has 1 heterocycles. The number of aromatic nitrogens is 1. The number of hydrogen-bond acceptors (Lipinski definition) is 5. The van der Waals surface area contributed by atoms with E-state index in [0.29, 0.717) is 50.9 Å². The van der Waals surface area contributed by atoms with Crippen molar-refractivity contribution in [3.05, 3.63) is 87.7 Å². The minimum Gasteiger partial charge on any atom is -0.398 e. The van der Waals surface area contributed by atoms with Gasteiger partial charge in [0.2, 0.25) is 0 Å². The van der Waals surface area contributed by atoms with Gasteiger partial charge in [-0.2, -0.15) is 0 Å². The summed E-state index contributed by atoms with van der Waals surface area (Å²) in [5.41, 5.74) is 7.79. The summed E-state index contributed by atoms with van der Waals surface area (Å²) in [5.74, 6) is 0.422. The van der Waals surface area contributed by atoms with Gasteiger partial charge in [-0.3, -0.25) is 19.4 Å². The first-order valence-corrected chi connectivity index (χ1v) is 16.2. The molecule has 2 fully saturated rings. The van der Waals surface area contributed by atoms with Crippen LogP contribution < -0.4 is 21.7 Å². The molecule has 44 heavy (non-hydrogen) atoms. The molecule has 234 valence electrons. The number of rotatable bonds is 8. The van der Waals surface area contributed by atoms with Gasteiger partial charge in [0.1, 0.15) is 5.69 Å². The van der Waals surface area contributed by atoms with Gasteiger partial charge in [0.05, 0.1) is 16.8 Å². The fourth-order valence-electron chi connectivity index (χ4n) is 5.67. The van der Waals surface area contributed by atoms with Crippen LogP contribution in [0.15, 0.2) is 60.8 Å². The molecule has 0 spiro atoms. The quantitative estimate of drug-likeness (QED) is 0.190. The van der Waals surface area contributed by atoms with E-state index in [1.54, 1.807) is 60.8 Å². The van der Waals surface area contributed by atoms with Gasteiger partial charge in [-0.05, 0) is 86.1 Å². The molecule has 0 unspecified atom stereocenters. The third kappa shape index (κ3) is 10.2. The highest BCUT2D eigenvalue weighted by Gasteiger charge is 2.19. The van der Waals surface area contributed by atoms with E-state index in [1.165, 1.54) is 51.4 Å². The van der Waals surface area contributed by atoms with Crippen LogP contribution in [-0.2, 0) is 0 Å². The van der Waals surface area contributed by atoms with Gasteiger partial charge in [0.25, 0.3) is 17.7 Å². The van der Waals surface area contributed by atoms with E-state index in [1.807, 2.05) is 0 Å². The van der Waals surface area contributed by atoms with E-state index in [0.717, 1.165) is 19.4 Å². The number of nitrogen functional groups attached to an aromatic ring is 1. The topological polar surface area (TPSA) is 126 Å². The van der Waals surface area contributed by atoms with Crippen LogP contribution >= 0.6 is 23.2 Å². The summed E-state index contributed by atoms with van der Waals surface area (Å²) in [6.45, 7) is 1.39. The van der Waals surface area contributed by atoms with Crippen LogP contribution in [0.2, 0.25) is 10.0 Å². The molecule has 10 heteroatoms. The number of nitrogens with one attached hydrogen (secondary N) is 3. The maximum atomic E-state index is 12.6. The summed E-state index contributed by atoms with van der Waals surface area (Å²) in [4.78, 5) is 41.0. The molecule has 8 nitrogen and oxygen atoms in total.